The minimum atomic E-state index is 0.577. The third kappa shape index (κ3) is 4.68. The fourth-order valence-electron chi connectivity index (χ4n) is 1.86. The molecule has 1 aromatic heterocycles. The molecule has 0 amide bonds. The van der Waals surface area contributed by atoms with Crippen molar-refractivity contribution in [3.05, 3.63) is 12.1 Å². The Morgan fingerprint density at radius 3 is 2.30 bits per heavy atom. The van der Waals surface area contributed by atoms with Crippen molar-refractivity contribution < 1.29 is 14.2 Å². The summed E-state index contributed by atoms with van der Waals surface area (Å²) in [6.45, 7) is 2.19. The predicted molar refractivity (Wildman–Crippen MR) is 98.2 cm³/mol. The maximum absolute atomic E-state index is 5.38. The summed E-state index contributed by atoms with van der Waals surface area (Å²) >= 11 is 1.56. The largest absolute Gasteiger partial charge is 0.493 e. The van der Waals surface area contributed by atoms with Crippen LogP contribution >= 0.6 is 32.9 Å². The van der Waals surface area contributed by atoms with Gasteiger partial charge in [0.2, 0.25) is 5.75 Å². The van der Waals surface area contributed by atoms with Crippen molar-refractivity contribution in [2.24, 2.45) is 0 Å². The first kappa shape index (κ1) is 18.2. The van der Waals surface area contributed by atoms with Gasteiger partial charge in [-0.3, -0.25) is 0 Å². The Kier molecular flexibility index (Phi) is 7.32. The lowest BCUT2D eigenvalue weighted by molar-refractivity contribution is 0.324. The molecule has 0 unspecified atom stereocenters. The highest BCUT2D eigenvalue weighted by Gasteiger charge is 2.16. The lowest BCUT2D eigenvalue weighted by Crippen LogP contribution is -1.95. The van der Waals surface area contributed by atoms with Crippen LogP contribution in [0.4, 0.5) is 0 Å². The van der Waals surface area contributed by atoms with Crippen LogP contribution in [0.5, 0.6) is 17.2 Å². The van der Waals surface area contributed by atoms with Gasteiger partial charge in [0.05, 0.1) is 21.3 Å². The van der Waals surface area contributed by atoms with Gasteiger partial charge in [-0.1, -0.05) is 35.5 Å². The molecule has 2 rings (SSSR count). The second kappa shape index (κ2) is 9.24. The number of aromatic nitrogens is 2. The van der Waals surface area contributed by atoms with Crippen LogP contribution in [-0.4, -0.2) is 37.3 Å². The van der Waals surface area contributed by atoms with Gasteiger partial charge in [0.15, 0.2) is 15.8 Å². The monoisotopic (exact) mass is 372 g/mol. The first-order valence-electron chi connectivity index (χ1n) is 7.16. The molecule has 0 fully saturated rings. The Hall–Kier alpha value is -1.12. The minimum Gasteiger partial charge on any atom is -0.493 e. The molecule has 0 saturated carbocycles. The molecule has 0 aliphatic heterocycles. The van der Waals surface area contributed by atoms with Gasteiger partial charge < -0.3 is 14.2 Å². The lowest BCUT2D eigenvalue weighted by Gasteiger charge is -2.12. The molecule has 1 heterocycles. The number of nitrogens with zero attached hydrogens (tertiary/aromatic N) is 2. The van der Waals surface area contributed by atoms with E-state index in [1.807, 2.05) is 22.9 Å². The second-order valence-electron chi connectivity index (χ2n) is 4.55. The van der Waals surface area contributed by atoms with Crippen LogP contribution in [0.1, 0.15) is 19.8 Å². The molecule has 0 aliphatic rings. The maximum Gasteiger partial charge on any atom is 0.203 e. The summed E-state index contributed by atoms with van der Waals surface area (Å²) in [4.78, 5) is 0. The third-order valence-electron chi connectivity index (χ3n) is 3.03. The zero-order chi connectivity index (χ0) is 16.7. The first-order chi connectivity index (χ1) is 11.2. The normalized spacial score (nSPS) is 10.6. The van der Waals surface area contributed by atoms with Crippen molar-refractivity contribution in [1.29, 1.82) is 0 Å². The molecular weight excluding hydrogens is 352 g/mol. The van der Waals surface area contributed by atoms with Crippen molar-refractivity contribution in [2.75, 3.05) is 27.1 Å². The van der Waals surface area contributed by atoms with E-state index in [-0.39, 0.29) is 0 Å². The highest BCUT2D eigenvalue weighted by molar-refractivity contribution is 8.77. The highest BCUT2D eigenvalue weighted by atomic mass is 33.1. The average Bonchev–Trinajstić information content (AvgIpc) is 3.06. The molecule has 23 heavy (non-hydrogen) atoms. The molecule has 0 N–H and O–H groups in total. The Labute approximate surface area is 148 Å². The van der Waals surface area contributed by atoms with Gasteiger partial charge in [-0.2, -0.15) is 0 Å². The highest BCUT2D eigenvalue weighted by Crippen LogP contribution is 2.43. The van der Waals surface area contributed by atoms with Gasteiger partial charge >= 0.3 is 0 Å². The van der Waals surface area contributed by atoms with Gasteiger partial charge in [-0.05, 0) is 29.3 Å². The van der Waals surface area contributed by atoms with Crippen LogP contribution in [0.25, 0.3) is 10.6 Å². The number of hydrogen-bond acceptors (Lipinski definition) is 8. The molecule has 8 heteroatoms. The fraction of sp³-hybridized carbons (Fsp3) is 0.467. The van der Waals surface area contributed by atoms with E-state index in [0.29, 0.717) is 17.2 Å². The van der Waals surface area contributed by atoms with Crippen LogP contribution in [0.3, 0.4) is 0 Å². The Morgan fingerprint density at radius 2 is 1.74 bits per heavy atom. The quantitative estimate of drug-likeness (QED) is 0.464. The van der Waals surface area contributed by atoms with E-state index in [4.69, 9.17) is 14.2 Å². The molecule has 0 spiro atoms. The van der Waals surface area contributed by atoms with Gasteiger partial charge in [0, 0.05) is 11.3 Å². The summed E-state index contributed by atoms with van der Waals surface area (Å²) < 4.78 is 17.1. The van der Waals surface area contributed by atoms with Crippen molar-refractivity contribution >= 4 is 32.9 Å². The van der Waals surface area contributed by atoms with Crippen molar-refractivity contribution in [3.8, 4) is 27.8 Å². The first-order valence-corrected chi connectivity index (χ1v) is 10.3. The number of benzene rings is 1. The smallest absolute Gasteiger partial charge is 0.203 e. The molecule has 0 bridgehead atoms. The number of unbranched alkanes of at least 4 members (excludes halogenated alkanes) is 1. The number of ether oxygens (including phenoxy) is 3. The Bertz CT molecular complexity index is 609. The third-order valence-corrected chi connectivity index (χ3v) is 6.74. The van der Waals surface area contributed by atoms with E-state index in [1.54, 1.807) is 43.5 Å². The predicted octanol–water partition coefficient (Wildman–Crippen LogP) is 4.77. The summed E-state index contributed by atoms with van der Waals surface area (Å²) in [5, 5.41) is 9.35. The molecule has 5 nitrogen and oxygen atoms in total. The Morgan fingerprint density at radius 1 is 1.04 bits per heavy atom. The molecule has 126 valence electrons. The van der Waals surface area contributed by atoms with Crippen LogP contribution in [-0.2, 0) is 0 Å². The maximum atomic E-state index is 5.38. The summed E-state index contributed by atoms with van der Waals surface area (Å²) in [7, 11) is 8.29. The molecule has 2 aromatic rings. The summed E-state index contributed by atoms with van der Waals surface area (Å²) in [5.74, 6) is 2.93. The van der Waals surface area contributed by atoms with E-state index in [2.05, 4.69) is 17.1 Å². The molecule has 0 atom stereocenters. The van der Waals surface area contributed by atoms with Crippen molar-refractivity contribution in [3.63, 3.8) is 0 Å². The van der Waals surface area contributed by atoms with Gasteiger partial charge in [0.25, 0.3) is 0 Å². The number of methoxy groups -OCH3 is 3. The van der Waals surface area contributed by atoms with Crippen molar-refractivity contribution in [1.82, 2.24) is 10.2 Å². The SMILES string of the molecule is CCCCSSc1nnc(-c2cc(OC)c(OC)c(OC)c2)s1. The summed E-state index contributed by atoms with van der Waals surface area (Å²) in [6.07, 6.45) is 2.43. The number of hydrogen-bond donors (Lipinski definition) is 0. The topological polar surface area (TPSA) is 53.5 Å². The molecule has 0 aliphatic carbocycles. The molecule has 1 aromatic carbocycles. The van der Waals surface area contributed by atoms with Gasteiger partial charge in [-0.15, -0.1) is 10.2 Å². The zero-order valence-electron chi connectivity index (χ0n) is 13.6. The lowest BCUT2D eigenvalue weighted by atomic mass is 10.2. The minimum absolute atomic E-state index is 0.577. The summed E-state index contributed by atoms with van der Waals surface area (Å²) in [5.41, 5.74) is 0.905. The average molecular weight is 373 g/mol. The second-order valence-corrected chi connectivity index (χ2v) is 8.19. The van der Waals surface area contributed by atoms with Crippen LogP contribution in [0, 0.1) is 0 Å². The van der Waals surface area contributed by atoms with E-state index in [0.717, 1.165) is 20.7 Å². The van der Waals surface area contributed by atoms with Gasteiger partial charge in [-0.25, -0.2) is 0 Å². The van der Waals surface area contributed by atoms with E-state index >= 15 is 0 Å². The van der Waals surface area contributed by atoms with E-state index < -0.39 is 0 Å². The van der Waals surface area contributed by atoms with Gasteiger partial charge in [0.1, 0.15) is 5.01 Å². The fourth-order valence-corrected chi connectivity index (χ4v) is 5.21. The Balaban J connectivity index is 2.20. The molecule has 0 saturated heterocycles. The molecule has 0 radical (unpaired) electrons. The van der Waals surface area contributed by atoms with Crippen LogP contribution in [0.15, 0.2) is 16.5 Å². The van der Waals surface area contributed by atoms with E-state index in [1.165, 1.54) is 12.8 Å². The van der Waals surface area contributed by atoms with Crippen molar-refractivity contribution in [2.45, 2.75) is 24.1 Å². The van der Waals surface area contributed by atoms with Crippen LogP contribution < -0.4 is 14.2 Å². The van der Waals surface area contributed by atoms with E-state index in [9.17, 15) is 0 Å². The van der Waals surface area contributed by atoms with Crippen LogP contribution in [0.2, 0.25) is 0 Å². The summed E-state index contributed by atoms with van der Waals surface area (Å²) in [6, 6.07) is 3.78. The standard InChI is InChI=1S/C15H20N2O3S3/c1-5-6-7-21-23-15-17-16-14(22-15)10-8-11(18-2)13(20-4)12(9-10)19-3/h8-9H,5-7H2,1-4H3. The zero-order valence-corrected chi connectivity index (χ0v) is 16.1. The number of rotatable bonds is 9. The molecular formula is C15H20N2O3S3.